The fourth-order valence-electron chi connectivity index (χ4n) is 1.57. The van der Waals surface area contributed by atoms with E-state index < -0.39 is 0 Å². The molecule has 82 valence electrons. The Hall–Kier alpha value is 0.340. The second-order valence-electron chi connectivity index (χ2n) is 3.80. The van der Waals surface area contributed by atoms with E-state index in [2.05, 4.69) is 11.2 Å². The van der Waals surface area contributed by atoms with Gasteiger partial charge >= 0.3 is 0 Å². The summed E-state index contributed by atoms with van der Waals surface area (Å²) < 4.78 is 2.34. The van der Waals surface area contributed by atoms with Crippen LogP contribution in [0.2, 0.25) is 0 Å². The summed E-state index contributed by atoms with van der Waals surface area (Å²) >= 11 is 7.64. The second-order valence-corrected chi connectivity index (χ2v) is 5.25. The van der Waals surface area contributed by atoms with Gasteiger partial charge in [0.15, 0.2) is 0 Å². The summed E-state index contributed by atoms with van der Waals surface area (Å²) in [4.78, 5) is 0. The van der Waals surface area contributed by atoms with Crippen LogP contribution in [-0.4, -0.2) is 17.4 Å². The molecule has 0 unspecified atom stereocenters. The lowest BCUT2D eigenvalue weighted by Gasteiger charge is -2.12. The van der Waals surface area contributed by atoms with Gasteiger partial charge in [0.2, 0.25) is 0 Å². The Balaban J connectivity index is 1.85. The van der Waals surface area contributed by atoms with Crippen molar-refractivity contribution in [3.63, 3.8) is 0 Å². The van der Waals surface area contributed by atoms with E-state index in [1.165, 1.54) is 45.1 Å². The molecule has 0 saturated carbocycles. The highest BCUT2D eigenvalue weighted by atomic mass is 35.5. The molecule has 1 aliphatic heterocycles. The maximum Gasteiger partial charge on any atom is 0.0457 e. The molecule has 0 saturated heterocycles. The fraction of sp³-hybridized carbons (Fsp3) is 0.818. The normalized spacial score (nSPS) is 17.4. The Morgan fingerprint density at radius 1 is 1.29 bits per heavy atom. The molecule has 0 aromatic carbocycles. The molecule has 0 radical (unpaired) electrons. The van der Waals surface area contributed by atoms with Crippen molar-refractivity contribution in [2.75, 3.05) is 13.1 Å². The molecule has 1 heterocycles. The average Bonchev–Trinajstić information content (AvgIpc) is 2.58. The Morgan fingerprint density at radius 2 is 2.00 bits per heavy atom. The number of unbranched alkanes of at least 4 members (excludes halogenated alkanes) is 5. The number of hydrogen-bond donors (Lipinski definition) is 0. The van der Waals surface area contributed by atoms with Crippen LogP contribution in [0.15, 0.2) is 10.4 Å². The highest BCUT2D eigenvalue weighted by molar-refractivity contribution is 8.00. The molecule has 0 aromatic heterocycles. The molecular formula is C11H20ClNS. The molecule has 1 nitrogen and oxygen atoms in total. The molecule has 0 spiro atoms. The summed E-state index contributed by atoms with van der Waals surface area (Å²) in [5.74, 6) is 0. The van der Waals surface area contributed by atoms with Crippen LogP contribution in [0.5, 0.6) is 0 Å². The zero-order valence-electron chi connectivity index (χ0n) is 8.97. The average molecular weight is 234 g/mol. The first-order chi connectivity index (χ1) is 6.83. The first kappa shape index (κ1) is 12.4. The van der Waals surface area contributed by atoms with E-state index in [1.54, 1.807) is 11.9 Å². The predicted octanol–water partition coefficient (Wildman–Crippen LogP) is 4.39. The van der Waals surface area contributed by atoms with E-state index in [0.717, 1.165) is 11.6 Å². The van der Waals surface area contributed by atoms with E-state index in [4.69, 9.17) is 11.6 Å². The van der Waals surface area contributed by atoms with Gasteiger partial charge in [-0.25, -0.2) is 4.31 Å². The van der Waals surface area contributed by atoms with Crippen molar-refractivity contribution in [3.8, 4) is 0 Å². The Morgan fingerprint density at radius 3 is 2.64 bits per heavy atom. The fourth-order valence-corrected chi connectivity index (χ4v) is 2.70. The van der Waals surface area contributed by atoms with Crippen molar-refractivity contribution in [1.29, 1.82) is 0 Å². The molecule has 0 bridgehead atoms. The van der Waals surface area contributed by atoms with E-state index in [-0.39, 0.29) is 0 Å². The summed E-state index contributed by atoms with van der Waals surface area (Å²) in [6.45, 7) is 4.39. The SMILES string of the molecule is CCCCCCCCN1CC(Cl)=CS1. The summed E-state index contributed by atoms with van der Waals surface area (Å²) in [6, 6.07) is 0. The zero-order chi connectivity index (χ0) is 10.2. The van der Waals surface area contributed by atoms with Crippen molar-refractivity contribution >= 4 is 23.5 Å². The van der Waals surface area contributed by atoms with Gasteiger partial charge in [-0.3, -0.25) is 0 Å². The van der Waals surface area contributed by atoms with Crippen LogP contribution in [0.25, 0.3) is 0 Å². The van der Waals surface area contributed by atoms with Gasteiger partial charge in [-0.05, 0) is 18.4 Å². The summed E-state index contributed by atoms with van der Waals surface area (Å²) in [5, 5.41) is 3.03. The maximum atomic E-state index is 5.89. The van der Waals surface area contributed by atoms with Crippen molar-refractivity contribution < 1.29 is 0 Å². The highest BCUT2D eigenvalue weighted by Gasteiger charge is 2.11. The Bertz CT molecular complexity index is 182. The molecule has 0 fully saturated rings. The van der Waals surface area contributed by atoms with Crippen LogP contribution < -0.4 is 0 Å². The van der Waals surface area contributed by atoms with E-state index >= 15 is 0 Å². The molecule has 14 heavy (non-hydrogen) atoms. The molecule has 0 aromatic rings. The Labute approximate surface area is 97.0 Å². The molecule has 0 atom stereocenters. The van der Waals surface area contributed by atoms with E-state index in [1.807, 2.05) is 5.41 Å². The van der Waals surface area contributed by atoms with Crippen LogP contribution in [0, 0.1) is 0 Å². The van der Waals surface area contributed by atoms with Crippen molar-refractivity contribution in [2.45, 2.75) is 45.4 Å². The first-order valence-corrected chi connectivity index (χ1v) is 6.80. The van der Waals surface area contributed by atoms with Gasteiger partial charge in [-0.1, -0.05) is 50.6 Å². The van der Waals surface area contributed by atoms with Crippen LogP contribution in [0.3, 0.4) is 0 Å². The lowest BCUT2D eigenvalue weighted by molar-refractivity contribution is 0.483. The van der Waals surface area contributed by atoms with Crippen molar-refractivity contribution in [3.05, 3.63) is 10.4 Å². The van der Waals surface area contributed by atoms with Gasteiger partial charge in [0.25, 0.3) is 0 Å². The van der Waals surface area contributed by atoms with Crippen molar-refractivity contribution in [2.24, 2.45) is 0 Å². The van der Waals surface area contributed by atoms with Crippen molar-refractivity contribution in [1.82, 2.24) is 4.31 Å². The molecule has 0 amide bonds. The van der Waals surface area contributed by atoms with Crippen LogP contribution in [0.1, 0.15) is 45.4 Å². The number of halogens is 1. The summed E-state index contributed by atoms with van der Waals surface area (Å²) in [6.07, 6.45) is 8.22. The van der Waals surface area contributed by atoms with Gasteiger partial charge in [0, 0.05) is 23.5 Å². The minimum atomic E-state index is 0.946. The van der Waals surface area contributed by atoms with Gasteiger partial charge in [0.05, 0.1) is 0 Å². The standard InChI is InChI=1S/C11H20ClNS/c1-2-3-4-5-6-7-8-13-9-11(12)10-14-13/h10H,2-9H2,1H3. The predicted molar refractivity (Wildman–Crippen MR) is 66.5 cm³/mol. The molecule has 1 rings (SSSR count). The third-order valence-corrected chi connectivity index (χ3v) is 3.78. The van der Waals surface area contributed by atoms with Gasteiger partial charge in [-0.2, -0.15) is 0 Å². The molecule has 1 aliphatic rings. The second kappa shape index (κ2) is 7.61. The third-order valence-electron chi connectivity index (χ3n) is 2.42. The van der Waals surface area contributed by atoms with Crippen LogP contribution in [-0.2, 0) is 0 Å². The third kappa shape index (κ3) is 5.28. The van der Waals surface area contributed by atoms with Gasteiger partial charge in [0.1, 0.15) is 0 Å². The largest absolute Gasteiger partial charge is 0.242 e. The number of hydrogen-bond acceptors (Lipinski definition) is 2. The lowest BCUT2D eigenvalue weighted by atomic mass is 10.1. The smallest absolute Gasteiger partial charge is 0.0457 e. The molecule has 0 aliphatic carbocycles. The highest BCUT2D eigenvalue weighted by Crippen LogP contribution is 2.26. The lowest BCUT2D eigenvalue weighted by Crippen LogP contribution is -2.14. The summed E-state index contributed by atoms with van der Waals surface area (Å²) in [7, 11) is 0. The number of rotatable bonds is 7. The van der Waals surface area contributed by atoms with E-state index in [9.17, 15) is 0 Å². The quantitative estimate of drug-likeness (QED) is 0.474. The topological polar surface area (TPSA) is 3.24 Å². The number of nitrogens with zero attached hydrogens (tertiary/aromatic N) is 1. The van der Waals surface area contributed by atoms with Gasteiger partial charge in [-0.15, -0.1) is 0 Å². The first-order valence-electron chi connectivity index (χ1n) is 5.59. The monoisotopic (exact) mass is 233 g/mol. The molecule has 3 heteroatoms. The minimum Gasteiger partial charge on any atom is -0.242 e. The van der Waals surface area contributed by atoms with Gasteiger partial charge < -0.3 is 0 Å². The minimum absolute atomic E-state index is 0.946. The van der Waals surface area contributed by atoms with Crippen LogP contribution >= 0.6 is 23.5 Å². The molecular weight excluding hydrogens is 214 g/mol. The Kier molecular flexibility index (Phi) is 6.74. The van der Waals surface area contributed by atoms with Crippen LogP contribution in [0.4, 0.5) is 0 Å². The zero-order valence-corrected chi connectivity index (χ0v) is 10.5. The van der Waals surface area contributed by atoms with E-state index in [0.29, 0.717) is 0 Å². The summed E-state index contributed by atoms with van der Waals surface area (Å²) in [5.41, 5.74) is 0. The maximum absolute atomic E-state index is 5.89. The molecule has 0 N–H and O–H groups in total.